The van der Waals surface area contributed by atoms with Crippen LogP contribution in [0.2, 0.25) is 0 Å². The van der Waals surface area contributed by atoms with Gasteiger partial charge < -0.3 is 10.1 Å². The van der Waals surface area contributed by atoms with Crippen LogP contribution in [0.25, 0.3) is 0 Å². The van der Waals surface area contributed by atoms with Gasteiger partial charge in [-0.1, -0.05) is 12.1 Å². The highest BCUT2D eigenvalue weighted by Crippen LogP contribution is 2.18. The SMILES string of the molecule is CC(COc1ccccc1F)NC(=O)c1ccc(S(=O)(=O)Nc2ccc(F)cc2)cc1. The third-order valence-electron chi connectivity index (χ3n) is 4.23. The summed E-state index contributed by atoms with van der Waals surface area (Å²) in [5.41, 5.74) is 0.463. The van der Waals surface area contributed by atoms with Crippen LogP contribution in [-0.2, 0) is 10.0 Å². The van der Waals surface area contributed by atoms with E-state index in [1.165, 1.54) is 48.5 Å². The summed E-state index contributed by atoms with van der Waals surface area (Å²) in [4.78, 5) is 12.3. The van der Waals surface area contributed by atoms with Gasteiger partial charge >= 0.3 is 0 Å². The van der Waals surface area contributed by atoms with Crippen molar-refractivity contribution in [2.45, 2.75) is 17.9 Å². The normalized spacial score (nSPS) is 12.1. The Bertz CT molecular complexity index is 1150. The molecule has 31 heavy (non-hydrogen) atoms. The first-order valence-corrected chi connectivity index (χ1v) is 10.8. The lowest BCUT2D eigenvalue weighted by molar-refractivity contribution is 0.0926. The van der Waals surface area contributed by atoms with Gasteiger partial charge in [-0.2, -0.15) is 0 Å². The van der Waals surface area contributed by atoms with Crippen LogP contribution in [-0.4, -0.2) is 27.0 Å². The molecule has 9 heteroatoms. The first-order chi connectivity index (χ1) is 14.7. The molecule has 3 aromatic rings. The van der Waals surface area contributed by atoms with Gasteiger partial charge in [-0.15, -0.1) is 0 Å². The number of ether oxygens (including phenoxy) is 1. The Morgan fingerprint density at radius 2 is 1.61 bits per heavy atom. The molecule has 3 rings (SSSR count). The number of benzene rings is 3. The largest absolute Gasteiger partial charge is 0.488 e. The average molecular weight is 446 g/mol. The Kier molecular flexibility index (Phi) is 6.86. The molecule has 1 unspecified atom stereocenters. The van der Waals surface area contributed by atoms with Crippen molar-refractivity contribution in [3.8, 4) is 5.75 Å². The quantitative estimate of drug-likeness (QED) is 0.549. The van der Waals surface area contributed by atoms with E-state index in [-0.39, 0.29) is 28.5 Å². The van der Waals surface area contributed by atoms with E-state index in [1.54, 1.807) is 19.1 Å². The van der Waals surface area contributed by atoms with Gasteiger partial charge in [0.2, 0.25) is 0 Å². The molecule has 2 N–H and O–H groups in total. The van der Waals surface area contributed by atoms with Crippen LogP contribution < -0.4 is 14.8 Å². The number of rotatable bonds is 8. The maximum atomic E-state index is 13.6. The van der Waals surface area contributed by atoms with Gasteiger partial charge in [0.25, 0.3) is 15.9 Å². The number of hydrogen-bond donors (Lipinski definition) is 2. The molecular formula is C22H20F2N2O4S. The molecule has 0 radical (unpaired) electrons. The summed E-state index contributed by atoms with van der Waals surface area (Å²) in [7, 11) is -3.89. The molecule has 1 amide bonds. The number of anilines is 1. The van der Waals surface area contributed by atoms with Gasteiger partial charge in [0, 0.05) is 11.3 Å². The molecule has 0 aliphatic rings. The van der Waals surface area contributed by atoms with E-state index in [2.05, 4.69) is 10.0 Å². The van der Waals surface area contributed by atoms with Crippen LogP contribution in [0.4, 0.5) is 14.5 Å². The lowest BCUT2D eigenvalue weighted by Gasteiger charge is -2.15. The minimum Gasteiger partial charge on any atom is -0.488 e. The van der Waals surface area contributed by atoms with E-state index in [0.717, 1.165) is 12.1 Å². The highest BCUT2D eigenvalue weighted by molar-refractivity contribution is 7.92. The van der Waals surface area contributed by atoms with Crippen LogP contribution in [0.3, 0.4) is 0 Å². The van der Waals surface area contributed by atoms with Crippen molar-refractivity contribution in [3.05, 3.63) is 90.0 Å². The van der Waals surface area contributed by atoms with Gasteiger partial charge in [-0.25, -0.2) is 17.2 Å². The van der Waals surface area contributed by atoms with E-state index < -0.39 is 33.6 Å². The van der Waals surface area contributed by atoms with Crippen molar-refractivity contribution in [1.29, 1.82) is 0 Å². The number of nitrogens with one attached hydrogen (secondary N) is 2. The van der Waals surface area contributed by atoms with Crippen molar-refractivity contribution >= 4 is 21.6 Å². The number of hydrogen-bond acceptors (Lipinski definition) is 4. The van der Waals surface area contributed by atoms with Gasteiger partial charge in [-0.05, 0) is 67.6 Å². The Hall–Kier alpha value is -3.46. The maximum Gasteiger partial charge on any atom is 0.261 e. The molecule has 162 valence electrons. The molecule has 3 aromatic carbocycles. The minimum atomic E-state index is -3.89. The minimum absolute atomic E-state index is 0.0516. The van der Waals surface area contributed by atoms with Crippen LogP contribution in [0.15, 0.2) is 77.7 Å². The second kappa shape index (κ2) is 9.57. The van der Waals surface area contributed by atoms with Crippen LogP contribution in [0.1, 0.15) is 17.3 Å². The predicted octanol–water partition coefficient (Wildman–Crippen LogP) is 3.96. The molecule has 0 bridgehead atoms. The van der Waals surface area contributed by atoms with Gasteiger partial charge in [0.15, 0.2) is 11.6 Å². The summed E-state index contributed by atoms with van der Waals surface area (Å²) in [6, 6.07) is 15.8. The van der Waals surface area contributed by atoms with Crippen LogP contribution in [0.5, 0.6) is 5.75 Å². The molecule has 0 aliphatic heterocycles. The lowest BCUT2D eigenvalue weighted by Crippen LogP contribution is -2.36. The zero-order chi connectivity index (χ0) is 22.4. The second-order valence-corrected chi connectivity index (χ2v) is 8.44. The van der Waals surface area contributed by atoms with E-state index in [0.29, 0.717) is 0 Å². The lowest BCUT2D eigenvalue weighted by atomic mass is 10.2. The Labute approximate surface area is 178 Å². The van der Waals surface area contributed by atoms with Crippen molar-refractivity contribution < 1.29 is 26.7 Å². The summed E-state index contributed by atoms with van der Waals surface area (Å²) in [6.07, 6.45) is 0. The fourth-order valence-corrected chi connectivity index (χ4v) is 3.70. The number of sulfonamides is 1. The highest BCUT2D eigenvalue weighted by atomic mass is 32.2. The maximum absolute atomic E-state index is 13.6. The molecule has 0 saturated carbocycles. The monoisotopic (exact) mass is 446 g/mol. The number of carbonyl (C=O) groups is 1. The van der Waals surface area contributed by atoms with Crippen molar-refractivity contribution in [3.63, 3.8) is 0 Å². The van der Waals surface area contributed by atoms with E-state index in [9.17, 15) is 22.0 Å². The van der Waals surface area contributed by atoms with Crippen molar-refractivity contribution in [2.24, 2.45) is 0 Å². The van der Waals surface area contributed by atoms with Crippen LogP contribution in [0, 0.1) is 11.6 Å². The zero-order valence-corrected chi connectivity index (χ0v) is 17.3. The topological polar surface area (TPSA) is 84.5 Å². The van der Waals surface area contributed by atoms with Crippen molar-refractivity contribution in [2.75, 3.05) is 11.3 Å². The number of para-hydroxylation sites is 1. The third-order valence-corrected chi connectivity index (χ3v) is 5.62. The zero-order valence-electron chi connectivity index (χ0n) is 16.5. The van der Waals surface area contributed by atoms with E-state index in [1.807, 2.05) is 0 Å². The average Bonchev–Trinajstić information content (AvgIpc) is 2.75. The fraction of sp³-hybridized carbons (Fsp3) is 0.136. The molecule has 6 nitrogen and oxygen atoms in total. The summed E-state index contributed by atoms with van der Waals surface area (Å²) in [6.45, 7) is 1.75. The first-order valence-electron chi connectivity index (χ1n) is 9.31. The number of halogens is 2. The van der Waals surface area contributed by atoms with Gasteiger partial charge in [0.1, 0.15) is 12.4 Å². The Morgan fingerprint density at radius 1 is 0.968 bits per heavy atom. The molecule has 0 spiro atoms. The number of amides is 1. The molecule has 0 saturated heterocycles. The molecule has 1 atom stereocenters. The summed E-state index contributed by atoms with van der Waals surface area (Å²) >= 11 is 0. The Balaban J connectivity index is 1.59. The predicted molar refractivity (Wildman–Crippen MR) is 112 cm³/mol. The molecule has 0 heterocycles. The van der Waals surface area contributed by atoms with E-state index >= 15 is 0 Å². The third kappa shape index (κ3) is 6.02. The van der Waals surface area contributed by atoms with E-state index in [4.69, 9.17) is 4.74 Å². The highest BCUT2D eigenvalue weighted by Gasteiger charge is 2.16. The fourth-order valence-electron chi connectivity index (χ4n) is 2.64. The smallest absolute Gasteiger partial charge is 0.261 e. The standard InChI is InChI=1S/C22H20F2N2O4S/c1-15(14-30-21-5-3-2-4-20(21)24)25-22(27)16-6-12-19(13-7-16)31(28,29)26-18-10-8-17(23)9-11-18/h2-13,15,26H,14H2,1H3,(H,25,27). The molecular weight excluding hydrogens is 426 g/mol. The second-order valence-electron chi connectivity index (χ2n) is 6.75. The summed E-state index contributed by atoms with van der Waals surface area (Å²) in [5.74, 6) is -1.31. The van der Waals surface area contributed by atoms with Gasteiger partial charge in [0.05, 0.1) is 10.9 Å². The Morgan fingerprint density at radius 3 is 2.26 bits per heavy atom. The van der Waals surface area contributed by atoms with Crippen molar-refractivity contribution in [1.82, 2.24) is 5.32 Å². The molecule has 0 aromatic heterocycles. The summed E-state index contributed by atoms with van der Waals surface area (Å²) in [5, 5.41) is 2.70. The first kappa shape index (κ1) is 22.2. The molecule has 0 aliphatic carbocycles. The van der Waals surface area contributed by atoms with Gasteiger partial charge in [-0.3, -0.25) is 9.52 Å². The summed E-state index contributed by atoms with van der Waals surface area (Å²) < 4.78 is 59.1. The number of carbonyl (C=O) groups excluding carboxylic acids is 1. The van der Waals surface area contributed by atoms with Crippen LogP contribution >= 0.6 is 0 Å². The molecule has 0 fully saturated rings.